The molecule has 1 aromatic rings. The van der Waals surface area contributed by atoms with Crippen molar-refractivity contribution in [3.63, 3.8) is 0 Å². The molecule has 22 heavy (non-hydrogen) atoms. The fraction of sp³-hybridized carbons (Fsp3) is 0.688. The van der Waals surface area contributed by atoms with Gasteiger partial charge in [0.25, 0.3) is 0 Å². The molecular weight excluding hydrogens is 298 g/mol. The molecule has 2 heterocycles. The first-order valence-corrected chi connectivity index (χ1v) is 9.13. The largest absolute Gasteiger partial charge is 0.338 e. The number of rotatable bonds is 4. The second kappa shape index (κ2) is 6.86. The Morgan fingerprint density at radius 1 is 1.32 bits per heavy atom. The van der Waals surface area contributed by atoms with Gasteiger partial charge < -0.3 is 4.90 Å². The summed E-state index contributed by atoms with van der Waals surface area (Å²) in [5.41, 5.74) is 0.597. The van der Waals surface area contributed by atoms with Crippen LogP contribution in [-0.4, -0.2) is 50.0 Å². The molecule has 2 atom stereocenters. The van der Waals surface area contributed by atoms with E-state index < -0.39 is 0 Å². The summed E-state index contributed by atoms with van der Waals surface area (Å²) < 4.78 is 1.61. The monoisotopic (exact) mass is 321 g/mol. The molecular formula is C16H23N3O2S. The van der Waals surface area contributed by atoms with Crippen molar-refractivity contribution in [2.75, 3.05) is 12.3 Å². The zero-order valence-electron chi connectivity index (χ0n) is 13.0. The number of hydrogen-bond acceptors (Lipinski definition) is 4. The van der Waals surface area contributed by atoms with E-state index in [9.17, 15) is 9.59 Å². The number of hydrogen-bond donors (Lipinski definition) is 0. The average Bonchev–Trinajstić information content (AvgIpc) is 2.98. The number of amides is 1. The molecule has 1 saturated heterocycles. The molecule has 1 aromatic heterocycles. The van der Waals surface area contributed by atoms with E-state index in [0.29, 0.717) is 23.3 Å². The van der Waals surface area contributed by atoms with Crippen molar-refractivity contribution >= 4 is 23.5 Å². The fourth-order valence-electron chi connectivity index (χ4n) is 3.48. The highest BCUT2D eigenvalue weighted by Crippen LogP contribution is 2.35. The minimum Gasteiger partial charge on any atom is -0.338 e. The van der Waals surface area contributed by atoms with E-state index in [1.165, 1.54) is 19.3 Å². The lowest BCUT2D eigenvalue weighted by molar-refractivity contribution is -0.133. The molecule has 3 rings (SSSR count). The van der Waals surface area contributed by atoms with E-state index >= 15 is 0 Å². The minimum atomic E-state index is 0.00743. The van der Waals surface area contributed by atoms with Gasteiger partial charge >= 0.3 is 0 Å². The van der Waals surface area contributed by atoms with Crippen molar-refractivity contribution in [3.8, 4) is 0 Å². The Hall–Kier alpha value is -1.30. The van der Waals surface area contributed by atoms with Crippen molar-refractivity contribution < 1.29 is 9.59 Å². The molecule has 0 N–H and O–H groups in total. The molecule has 1 aliphatic carbocycles. The lowest BCUT2D eigenvalue weighted by Gasteiger charge is -2.43. The van der Waals surface area contributed by atoms with Gasteiger partial charge in [0, 0.05) is 49.7 Å². The highest BCUT2D eigenvalue weighted by Gasteiger charge is 2.36. The molecule has 2 fully saturated rings. The number of aromatic nitrogens is 2. The fourth-order valence-corrected chi connectivity index (χ4v) is 4.92. The van der Waals surface area contributed by atoms with Gasteiger partial charge in [0.15, 0.2) is 5.78 Å². The lowest BCUT2D eigenvalue weighted by atomic mass is 9.93. The lowest BCUT2D eigenvalue weighted by Crippen LogP contribution is -2.51. The predicted octanol–water partition coefficient (Wildman–Crippen LogP) is 2.27. The Labute approximate surface area is 135 Å². The van der Waals surface area contributed by atoms with Crippen LogP contribution >= 0.6 is 11.8 Å². The number of aryl methyl sites for hydroxylation is 1. The molecule has 0 spiro atoms. The zero-order valence-corrected chi connectivity index (χ0v) is 13.8. The van der Waals surface area contributed by atoms with Crippen LogP contribution in [-0.2, 0) is 11.8 Å². The topological polar surface area (TPSA) is 55.2 Å². The summed E-state index contributed by atoms with van der Waals surface area (Å²) >= 11 is 2.02. The molecule has 0 radical (unpaired) electrons. The molecule has 1 amide bonds. The number of thioether (sulfide) groups is 1. The van der Waals surface area contributed by atoms with E-state index in [0.717, 1.165) is 18.7 Å². The smallest absolute Gasteiger partial charge is 0.223 e. The van der Waals surface area contributed by atoms with Crippen molar-refractivity contribution in [3.05, 3.63) is 18.0 Å². The Bertz CT molecular complexity index is 555. The summed E-state index contributed by atoms with van der Waals surface area (Å²) in [6.07, 6.45) is 8.75. The molecule has 1 saturated carbocycles. The SMILES string of the molecule is Cn1cc(C(=O)CCC(=O)N2CCS[C@H]3CCCC[C@@H]32)cn1. The third-order valence-electron chi connectivity index (χ3n) is 4.65. The van der Waals surface area contributed by atoms with Crippen LogP contribution in [0, 0.1) is 0 Å². The quantitative estimate of drug-likeness (QED) is 0.798. The van der Waals surface area contributed by atoms with E-state index in [2.05, 4.69) is 10.00 Å². The van der Waals surface area contributed by atoms with E-state index in [-0.39, 0.29) is 18.1 Å². The van der Waals surface area contributed by atoms with Crippen LogP contribution in [0.1, 0.15) is 48.9 Å². The van der Waals surface area contributed by atoms with Crippen LogP contribution in [0.3, 0.4) is 0 Å². The number of fused-ring (bicyclic) bond motifs is 1. The molecule has 120 valence electrons. The first kappa shape index (κ1) is 15.6. The van der Waals surface area contributed by atoms with Gasteiger partial charge in [-0.05, 0) is 12.8 Å². The van der Waals surface area contributed by atoms with Crippen LogP contribution in [0.25, 0.3) is 0 Å². The first-order chi connectivity index (χ1) is 10.6. The number of nitrogens with zero attached hydrogens (tertiary/aromatic N) is 3. The summed E-state index contributed by atoms with van der Waals surface area (Å²) in [5, 5.41) is 4.62. The van der Waals surface area contributed by atoms with E-state index in [4.69, 9.17) is 0 Å². The van der Waals surface area contributed by atoms with Crippen molar-refractivity contribution in [1.29, 1.82) is 0 Å². The molecule has 0 unspecified atom stereocenters. The number of carbonyl (C=O) groups excluding carboxylic acids is 2. The van der Waals surface area contributed by atoms with Crippen molar-refractivity contribution in [1.82, 2.24) is 14.7 Å². The Kier molecular flexibility index (Phi) is 4.86. The first-order valence-electron chi connectivity index (χ1n) is 8.08. The minimum absolute atomic E-state index is 0.00743. The molecule has 0 bridgehead atoms. The predicted molar refractivity (Wildman–Crippen MR) is 87.0 cm³/mol. The maximum atomic E-state index is 12.5. The number of ketones is 1. The van der Waals surface area contributed by atoms with Gasteiger partial charge in [-0.3, -0.25) is 14.3 Å². The normalized spacial score (nSPS) is 24.9. The average molecular weight is 321 g/mol. The summed E-state index contributed by atoms with van der Waals surface area (Å²) in [5.74, 6) is 1.19. The summed E-state index contributed by atoms with van der Waals surface area (Å²) in [6, 6.07) is 0.397. The summed E-state index contributed by atoms with van der Waals surface area (Å²) in [6.45, 7) is 0.839. The van der Waals surface area contributed by atoms with Crippen LogP contribution < -0.4 is 0 Å². The number of Topliss-reactive ketones (excluding diaryl/α,β-unsaturated/α-hetero) is 1. The molecule has 0 aromatic carbocycles. The van der Waals surface area contributed by atoms with Crippen LogP contribution in [0.4, 0.5) is 0 Å². The van der Waals surface area contributed by atoms with E-state index in [1.54, 1.807) is 24.1 Å². The zero-order chi connectivity index (χ0) is 15.5. The summed E-state index contributed by atoms with van der Waals surface area (Å²) in [7, 11) is 1.79. The van der Waals surface area contributed by atoms with Gasteiger partial charge in [-0.2, -0.15) is 16.9 Å². The van der Waals surface area contributed by atoms with Crippen LogP contribution in [0.2, 0.25) is 0 Å². The summed E-state index contributed by atoms with van der Waals surface area (Å²) in [4.78, 5) is 26.7. The Balaban J connectivity index is 1.56. The van der Waals surface area contributed by atoms with Gasteiger partial charge in [-0.15, -0.1) is 0 Å². The van der Waals surface area contributed by atoms with Crippen molar-refractivity contribution in [2.45, 2.75) is 49.8 Å². The van der Waals surface area contributed by atoms with Gasteiger partial charge in [-0.25, -0.2) is 0 Å². The Morgan fingerprint density at radius 2 is 2.14 bits per heavy atom. The standard InChI is InChI=1S/C16H23N3O2S/c1-18-11-12(10-17-18)14(20)6-7-16(21)19-8-9-22-15-5-3-2-4-13(15)19/h10-11,13,15H,2-9H2,1H3/t13-,15-/m0/s1. The third-order valence-corrected chi connectivity index (χ3v) is 6.04. The number of carbonyl (C=O) groups is 2. The Morgan fingerprint density at radius 3 is 2.91 bits per heavy atom. The van der Waals surface area contributed by atoms with Gasteiger partial charge in [0.2, 0.25) is 5.91 Å². The second-order valence-electron chi connectivity index (χ2n) is 6.17. The molecule has 5 nitrogen and oxygen atoms in total. The van der Waals surface area contributed by atoms with Crippen LogP contribution in [0.15, 0.2) is 12.4 Å². The highest BCUT2D eigenvalue weighted by molar-refractivity contribution is 8.00. The highest BCUT2D eigenvalue weighted by atomic mass is 32.2. The molecule has 1 aliphatic heterocycles. The van der Waals surface area contributed by atoms with Gasteiger partial charge in [0.1, 0.15) is 0 Å². The van der Waals surface area contributed by atoms with Crippen molar-refractivity contribution in [2.24, 2.45) is 7.05 Å². The maximum Gasteiger partial charge on any atom is 0.223 e. The second-order valence-corrected chi connectivity index (χ2v) is 7.52. The van der Waals surface area contributed by atoms with Gasteiger partial charge in [0.05, 0.1) is 11.8 Å². The molecule has 6 heteroatoms. The molecule has 2 aliphatic rings. The third kappa shape index (κ3) is 3.37. The van der Waals surface area contributed by atoms with Gasteiger partial charge in [-0.1, -0.05) is 12.8 Å². The van der Waals surface area contributed by atoms with Crippen LogP contribution in [0.5, 0.6) is 0 Å². The maximum absolute atomic E-state index is 12.5. The van der Waals surface area contributed by atoms with E-state index in [1.807, 2.05) is 11.8 Å².